The Hall–Kier alpha value is -2.39. The minimum Gasteiger partial charge on any atom is -0.446 e. The number of non-ortho nitro benzene ring substituents is 1. The van der Waals surface area contributed by atoms with Gasteiger partial charge in [0, 0.05) is 17.8 Å². The van der Waals surface area contributed by atoms with E-state index in [2.05, 4.69) is 10.0 Å². The molecule has 0 fully saturated rings. The van der Waals surface area contributed by atoms with Crippen LogP contribution < -0.4 is 10.0 Å². The number of anilines is 1. The first-order valence-electron chi connectivity index (χ1n) is 5.93. The van der Waals surface area contributed by atoms with Gasteiger partial charge in [0.1, 0.15) is 5.76 Å². The van der Waals surface area contributed by atoms with Crippen molar-refractivity contribution in [2.45, 2.75) is 11.6 Å². The summed E-state index contributed by atoms with van der Waals surface area (Å²) in [6.07, 6.45) is 0. The fraction of sp³-hybridized carbons (Fsp3) is 0.167. The molecule has 0 bridgehead atoms. The Labute approximate surface area is 121 Å². The Morgan fingerprint density at radius 2 is 1.86 bits per heavy atom. The van der Waals surface area contributed by atoms with Gasteiger partial charge in [0.15, 0.2) is 0 Å². The Bertz CT molecular complexity index is 737. The molecule has 0 aliphatic heterocycles. The largest absolute Gasteiger partial charge is 0.446 e. The number of furan rings is 1. The quantitative estimate of drug-likeness (QED) is 0.620. The van der Waals surface area contributed by atoms with Crippen molar-refractivity contribution in [3.8, 4) is 0 Å². The number of benzene rings is 1. The Morgan fingerprint density at radius 1 is 1.19 bits per heavy atom. The molecule has 1 aromatic carbocycles. The van der Waals surface area contributed by atoms with E-state index in [0.717, 1.165) is 0 Å². The molecule has 0 atom stereocenters. The minimum absolute atomic E-state index is 0.000878. The highest BCUT2D eigenvalue weighted by atomic mass is 32.2. The normalized spacial score (nSPS) is 11.3. The standard InChI is InChI=1S/C12H13N3O5S/c1-13-21(18,19)12-7-6-11(20-12)8-14-9-2-4-10(5-3-9)15(16)17/h2-7,13-14H,8H2,1H3. The monoisotopic (exact) mass is 311 g/mol. The van der Waals surface area contributed by atoms with Crippen molar-refractivity contribution in [3.05, 3.63) is 52.3 Å². The molecule has 0 saturated carbocycles. The SMILES string of the molecule is CNS(=O)(=O)c1ccc(CNc2ccc([N+](=O)[O-])cc2)o1. The van der Waals surface area contributed by atoms with E-state index in [9.17, 15) is 18.5 Å². The number of nitro groups is 1. The summed E-state index contributed by atoms with van der Waals surface area (Å²) in [6, 6.07) is 8.78. The van der Waals surface area contributed by atoms with Gasteiger partial charge in [-0.2, -0.15) is 0 Å². The molecule has 2 rings (SSSR count). The second-order valence-corrected chi connectivity index (χ2v) is 5.90. The maximum Gasteiger partial charge on any atom is 0.273 e. The van der Waals surface area contributed by atoms with Crippen LogP contribution in [0.1, 0.15) is 5.76 Å². The predicted octanol–water partition coefficient (Wildman–Crippen LogP) is 1.71. The van der Waals surface area contributed by atoms with Crippen molar-refractivity contribution < 1.29 is 17.8 Å². The summed E-state index contributed by atoms with van der Waals surface area (Å²) in [7, 11) is -2.30. The van der Waals surface area contributed by atoms with Crippen LogP contribution in [0.4, 0.5) is 11.4 Å². The first-order valence-corrected chi connectivity index (χ1v) is 7.41. The zero-order valence-electron chi connectivity index (χ0n) is 11.1. The summed E-state index contributed by atoms with van der Waals surface area (Å²) in [5.74, 6) is 0.433. The van der Waals surface area contributed by atoms with Gasteiger partial charge in [-0.3, -0.25) is 10.1 Å². The maximum absolute atomic E-state index is 11.5. The van der Waals surface area contributed by atoms with E-state index < -0.39 is 14.9 Å². The first-order chi connectivity index (χ1) is 9.92. The number of nitrogens with zero attached hydrogens (tertiary/aromatic N) is 1. The summed E-state index contributed by atoms with van der Waals surface area (Å²) in [6.45, 7) is 0.261. The van der Waals surface area contributed by atoms with Gasteiger partial charge < -0.3 is 9.73 Å². The number of rotatable bonds is 6. The highest BCUT2D eigenvalue weighted by molar-refractivity contribution is 7.89. The molecule has 0 spiro atoms. The molecule has 0 aliphatic carbocycles. The Kier molecular flexibility index (Phi) is 4.24. The van der Waals surface area contributed by atoms with E-state index in [1.807, 2.05) is 0 Å². The van der Waals surface area contributed by atoms with Crippen LogP contribution in [0.25, 0.3) is 0 Å². The topological polar surface area (TPSA) is 114 Å². The average molecular weight is 311 g/mol. The first kappa shape index (κ1) is 15.0. The Balaban J connectivity index is 2.02. The lowest BCUT2D eigenvalue weighted by molar-refractivity contribution is -0.384. The number of nitrogens with one attached hydrogen (secondary N) is 2. The van der Waals surface area contributed by atoms with Crippen LogP contribution in [0.3, 0.4) is 0 Å². The van der Waals surface area contributed by atoms with E-state index in [1.54, 1.807) is 18.2 Å². The van der Waals surface area contributed by atoms with E-state index in [-0.39, 0.29) is 17.3 Å². The Morgan fingerprint density at radius 3 is 2.43 bits per heavy atom. The molecule has 1 heterocycles. The van der Waals surface area contributed by atoms with Gasteiger partial charge in [-0.15, -0.1) is 0 Å². The van der Waals surface area contributed by atoms with Gasteiger partial charge in [-0.1, -0.05) is 0 Å². The second-order valence-electron chi connectivity index (χ2n) is 4.09. The maximum atomic E-state index is 11.5. The molecule has 21 heavy (non-hydrogen) atoms. The van der Waals surface area contributed by atoms with Gasteiger partial charge in [-0.05, 0) is 31.3 Å². The van der Waals surface area contributed by atoms with Gasteiger partial charge in [0.2, 0.25) is 5.09 Å². The molecule has 0 saturated heterocycles. The summed E-state index contributed by atoms with van der Waals surface area (Å²) in [5, 5.41) is 13.3. The molecule has 2 aromatic rings. The number of hydrogen-bond donors (Lipinski definition) is 2. The minimum atomic E-state index is -3.59. The molecular weight excluding hydrogens is 298 g/mol. The number of sulfonamides is 1. The fourth-order valence-corrected chi connectivity index (χ4v) is 2.25. The smallest absolute Gasteiger partial charge is 0.273 e. The third-order valence-electron chi connectivity index (χ3n) is 2.72. The van der Waals surface area contributed by atoms with Crippen LogP contribution in [-0.2, 0) is 16.6 Å². The molecular formula is C12H13N3O5S. The summed E-state index contributed by atoms with van der Waals surface area (Å²) >= 11 is 0. The summed E-state index contributed by atoms with van der Waals surface area (Å²) in [5.41, 5.74) is 0.663. The van der Waals surface area contributed by atoms with Crippen molar-refractivity contribution in [3.63, 3.8) is 0 Å². The van der Waals surface area contributed by atoms with Crippen molar-refractivity contribution in [2.75, 3.05) is 12.4 Å². The molecule has 1 aromatic heterocycles. The number of nitro benzene ring substituents is 1. The van der Waals surface area contributed by atoms with Gasteiger partial charge in [-0.25, -0.2) is 13.1 Å². The van der Waals surface area contributed by atoms with Crippen LogP contribution >= 0.6 is 0 Å². The van der Waals surface area contributed by atoms with Gasteiger partial charge >= 0.3 is 0 Å². The van der Waals surface area contributed by atoms with Crippen molar-refractivity contribution >= 4 is 21.4 Å². The van der Waals surface area contributed by atoms with Crippen molar-refractivity contribution in [1.82, 2.24) is 4.72 Å². The molecule has 0 radical (unpaired) electrons. The van der Waals surface area contributed by atoms with Crippen molar-refractivity contribution in [1.29, 1.82) is 0 Å². The summed E-state index contributed by atoms with van der Waals surface area (Å²) < 4.78 is 30.4. The zero-order valence-corrected chi connectivity index (χ0v) is 11.9. The lowest BCUT2D eigenvalue weighted by Gasteiger charge is -2.04. The van der Waals surface area contributed by atoms with Gasteiger partial charge in [0.25, 0.3) is 15.7 Å². The molecule has 8 nitrogen and oxygen atoms in total. The zero-order chi connectivity index (χ0) is 15.5. The van der Waals surface area contributed by atoms with Crippen LogP contribution in [0.2, 0.25) is 0 Å². The number of hydrogen-bond acceptors (Lipinski definition) is 6. The van der Waals surface area contributed by atoms with E-state index in [1.165, 1.54) is 25.2 Å². The van der Waals surface area contributed by atoms with Crippen LogP contribution in [0.15, 0.2) is 45.9 Å². The third-order valence-corrected chi connectivity index (χ3v) is 4.00. The second kappa shape index (κ2) is 5.94. The van der Waals surface area contributed by atoms with Crippen LogP contribution in [-0.4, -0.2) is 20.4 Å². The van der Waals surface area contributed by atoms with E-state index in [4.69, 9.17) is 4.42 Å². The highest BCUT2D eigenvalue weighted by Gasteiger charge is 2.16. The molecule has 0 unspecified atom stereocenters. The molecule has 0 aliphatic rings. The van der Waals surface area contributed by atoms with E-state index >= 15 is 0 Å². The van der Waals surface area contributed by atoms with Gasteiger partial charge in [0.05, 0.1) is 11.5 Å². The van der Waals surface area contributed by atoms with Crippen LogP contribution in [0, 0.1) is 10.1 Å². The fourth-order valence-electron chi connectivity index (χ4n) is 1.59. The molecule has 9 heteroatoms. The predicted molar refractivity (Wildman–Crippen MR) is 75.4 cm³/mol. The summed E-state index contributed by atoms with van der Waals surface area (Å²) in [4.78, 5) is 10.0. The third kappa shape index (κ3) is 3.58. The molecule has 112 valence electrons. The molecule has 0 amide bonds. The molecule has 2 N–H and O–H groups in total. The lowest BCUT2D eigenvalue weighted by Crippen LogP contribution is -2.17. The van der Waals surface area contributed by atoms with E-state index in [0.29, 0.717) is 11.4 Å². The van der Waals surface area contributed by atoms with Crippen LogP contribution in [0.5, 0.6) is 0 Å². The van der Waals surface area contributed by atoms with Crippen molar-refractivity contribution in [2.24, 2.45) is 0 Å². The lowest BCUT2D eigenvalue weighted by atomic mass is 10.3. The highest BCUT2D eigenvalue weighted by Crippen LogP contribution is 2.18. The average Bonchev–Trinajstić information content (AvgIpc) is 2.95.